The number of rotatable bonds is 3. The summed E-state index contributed by atoms with van der Waals surface area (Å²) in [7, 11) is 0. The molecule has 1 atom stereocenters. The van der Waals surface area contributed by atoms with Gasteiger partial charge >= 0.3 is 6.09 Å². The average Bonchev–Trinajstić information content (AvgIpc) is 2.79. The Bertz CT molecular complexity index is 717. The van der Waals surface area contributed by atoms with Gasteiger partial charge in [-0.05, 0) is 31.2 Å². The van der Waals surface area contributed by atoms with Crippen LogP contribution >= 0.6 is 11.6 Å². The predicted molar refractivity (Wildman–Crippen MR) is 74.5 cm³/mol. The van der Waals surface area contributed by atoms with E-state index in [1.54, 1.807) is 12.1 Å². The smallest absolute Gasteiger partial charge is 0.410 e. The fourth-order valence-electron chi connectivity index (χ4n) is 2.00. The Balaban J connectivity index is 1.63. The van der Waals surface area contributed by atoms with Crippen LogP contribution in [0.2, 0.25) is 5.02 Å². The molecule has 1 unspecified atom stereocenters. The summed E-state index contributed by atoms with van der Waals surface area (Å²) in [5.74, 6) is -2.49. The van der Waals surface area contributed by atoms with Crippen molar-refractivity contribution in [3.05, 3.63) is 41.1 Å². The lowest BCUT2D eigenvalue weighted by atomic mass is 10.1. The van der Waals surface area contributed by atoms with Gasteiger partial charge in [0.15, 0.2) is 11.6 Å². The molecule has 0 aliphatic heterocycles. The van der Waals surface area contributed by atoms with Crippen molar-refractivity contribution in [2.24, 2.45) is 0 Å². The number of benzene rings is 1. The van der Waals surface area contributed by atoms with Crippen molar-refractivity contribution >= 4 is 23.5 Å². The second-order valence-corrected chi connectivity index (χ2v) is 5.69. The maximum atomic E-state index is 13.2. The van der Waals surface area contributed by atoms with E-state index in [4.69, 9.17) is 20.9 Å². The summed E-state index contributed by atoms with van der Waals surface area (Å²) < 4.78 is 36.4. The van der Waals surface area contributed by atoms with E-state index in [0.29, 0.717) is 5.02 Å². The number of amides is 1. The molecule has 0 bridgehead atoms. The minimum Gasteiger partial charge on any atom is -0.410 e. The van der Waals surface area contributed by atoms with Gasteiger partial charge in [0, 0.05) is 17.5 Å². The summed E-state index contributed by atoms with van der Waals surface area (Å²) >= 11 is 5.71. The molecule has 0 radical (unpaired) electrons. The molecule has 1 heterocycles. The first-order valence-electron chi connectivity index (χ1n) is 6.40. The van der Waals surface area contributed by atoms with Gasteiger partial charge in [-0.3, -0.25) is 5.32 Å². The molecule has 8 heteroatoms. The molecular weight excluding hydrogens is 318 g/mol. The molecule has 1 fully saturated rings. The standard InChI is InChI=1S/C14H11ClF2N2O3/c1-13(7-14(13,16)17)10-6-11(19-22-10)18-12(20)21-9-4-2-8(15)3-5-9/h2-6H,7H2,1H3,(H,18,19,20). The highest BCUT2D eigenvalue weighted by Gasteiger charge is 2.71. The Morgan fingerprint density at radius 2 is 2.05 bits per heavy atom. The van der Waals surface area contributed by atoms with E-state index in [-0.39, 0.29) is 23.7 Å². The van der Waals surface area contributed by atoms with Crippen LogP contribution in [0.1, 0.15) is 19.1 Å². The van der Waals surface area contributed by atoms with Gasteiger partial charge in [-0.2, -0.15) is 0 Å². The Labute approximate surface area is 129 Å². The van der Waals surface area contributed by atoms with Crippen molar-refractivity contribution in [3.63, 3.8) is 0 Å². The number of aromatic nitrogens is 1. The summed E-state index contributed by atoms with van der Waals surface area (Å²) in [5, 5.41) is 6.36. The molecule has 3 rings (SSSR count). The van der Waals surface area contributed by atoms with E-state index in [0.717, 1.165) is 0 Å². The number of hydrogen-bond acceptors (Lipinski definition) is 4. The zero-order valence-electron chi connectivity index (χ0n) is 11.4. The lowest BCUT2D eigenvalue weighted by Gasteiger charge is -2.04. The van der Waals surface area contributed by atoms with Crippen LogP contribution in [0.25, 0.3) is 0 Å². The van der Waals surface area contributed by atoms with Gasteiger partial charge in [0.2, 0.25) is 0 Å². The highest BCUT2D eigenvalue weighted by atomic mass is 35.5. The third-order valence-electron chi connectivity index (χ3n) is 3.57. The lowest BCUT2D eigenvalue weighted by molar-refractivity contribution is 0.0846. The molecular formula is C14H11ClF2N2O3. The number of carbonyl (C=O) groups excluding carboxylic acids is 1. The average molecular weight is 329 g/mol. The van der Waals surface area contributed by atoms with Gasteiger partial charge in [-0.25, -0.2) is 13.6 Å². The summed E-state index contributed by atoms with van der Waals surface area (Å²) in [4.78, 5) is 11.7. The third kappa shape index (κ3) is 2.64. The number of carbonyl (C=O) groups is 1. The van der Waals surface area contributed by atoms with Gasteiger partial charge in [0.1, 0.15) is 5.75 Å². The first kappa shape index (κ1) is 14.8. The van der Waals surface area contributed by atoms with Crippen LogP contribution in [0, 0.1) is 0 Å². The Morgan fingerprint density at radius 1 is 1.41 bits per heavy atom. The Kier molecular flexibility index (Phi) is 3.32. The van der Waals surface area contributed by atoms with Crippen LogP contribution in [0.5, 0.6) is 5.75 Å². The fraction of sp³-hybridized carbons (Fsp3) is 0.286. The highest BCUT2D eigenvalue weighted by Crippen LogP contribution is 2.61. The SMILES string of the molecule is CC1(c2cc(NC(=O)Oc3ccc(Cl)cc3)no2)CC1(F)F. The molecule has 1 aromatic heterocycles. The van der Waals surface area contributed by atoms with E-state index >= 15 is 0 Å². The largest absolute Gasteiger partial charge is 0.418 e. The quantitative estimate of drug-likeness (QED) is 0.915. The normalized spacial score (nSPS) is 22.2. The van der Waals surface area contributed by atoms with Gasteiger partial charge in [0.05, 0.1) is 5.41 Å². The molecule has 5 nitrogen and oxygen atoms in total. The number of nitrogens with zero attached hydrogens (tertiary/aromatic N) is 1. The molecule has 0 saturated heterocycles. The first-order chi connectivity index (χ1) is 10.3. The van der Waals surface area contributed by atoms with E-state index in [2.05, 4.69) is 10.5 Å². The molecule has 22 heavy (non-hydrogen) atoms. The van der Waals surface area contributed by atoms with Crippen LogP contribution in [0.3, 0.4) is 0 Å². The molecule has 2 aromatic rings. The zero-order valence-corrected chi connectivity index (χ0v) is 12.2. The second kappa shape index (κ2) is 4.95. The number of ether oxygens (including phenoxy) is 1. The second-order valence-electron chi connectivity index (χ2n) is 5.26. The summed E-state index contributed by atoms with van der Waals surface area (Å²) in [6.07, 6.45) is -1.11. The van der Waals surface area contributed by atoms with Crippen molar-refractivity contribution in [1.29, 1.82) is 0 Å². The molecule has 1 N–H and O–H groups in total. The number of halogens is 3. The predicted octanol–water partition coefficient (Wildman–Crippen LogP) is 4.24. The minimum absolute atomic E-state index is 0.0119. The van der Waals surface area contributed by atoms with Crippen molar-refractivity contribution < 1.29 is 22.8 Å². The minimum atomic E-state index is -2.81. The number of nitrogens with one attached hydrogen (secondary N) is 1. The van der Waals surface area contributed by atoms with E-state index in [1.807, 2.05) is 0 Å². The molecule has 1 aliphatic carbocycles. The van der Waals surface area contributed by atoms with Crippen LogP contribution < -0.4 is 10.1 Å². The van der Waals surface area contributed by atoms with Gasteiger partial charge in [0.25, 0.3) is 5.92 Å². The summed E-state index contributed by atoms with van der Waals surface area (Å²) in [6.45, 7) is 1.38. The number of alkyl halides is 2. The molecule has 1 aromatic carbocycles. The van der Waals surface area contributed by atoms with E-state index in [1.165, 1.54) is 25.1 Å². The van der Waals surface area contributed by atoms with Crippen molar-refractivity contribution in [1.82, 2.24) is 5.16 Å². The van der Waals surface area contributed by atoms with Gasteiger partial charge in [-0.15, -0.1) is 0 Å². The van der Waals surface area contributed by atoms with Crippen LogP contribution in [0.15, 0.2) is 34.9 Å². The fourth-order valence-corrected chi connectivity index (χ4v) is 2.13. The molecule has 0 spiro atoms. The highest BCUT2D eigenvalue weighted by molar-refractivity contribution is 6.30. The van der Waals surface area contributed by atoms with Crippen molar-refractivity contribution in [2.75, 3.05) is 5.32 Å². The zero-order chi connectivity index (χ0) is 16.0. The van der Waals surface area contributed by atoms with Gasteiger partial charge < -0.3 is 9.26 Å². The van der Waals surface area contributed by atoms with Crippen molar-refractivity contribution in [2.45, 2.75) is 24.7 Å². The van der Waals surface area contributed by atoms with E-state index < -0.39 is 17.4 Å². The Hall–Kier alpha value is -2.15. The molecule has 1 amide bonds. The van der Waals surface area contributed by atoms with Crippen LogP contribution in [0.4, 0.5) is 19.4 Å². The summed E-state index contributed by atoms with van der Waals surface area (Å²) in [6, 6.07) is 7.43. The Morgan fingerprint density at radius 3 is 2.64 bits per heavy atom. The molecule has 1 aliphatic rings. The van der Waals surface area contributed by atoms with Crippen LogP contribution in [-0.2, 0) is 5.41 Å². The van der Waals surface area contributed by atoms with Gasteiger partial charge in [-0.1, -0.05) is 16.8 Å². The molecule has 116 valence electrons. The third-order valence-corrected chi connectivity index (χ3v) is 3.82. The molecule has 1 saturated carbocycles. The maximum Gasteiger partial charge on any atom is 0.418 e. The topological polar surface area (TPSA) is 64.4 Å². The number of hydrogen-bond donors (Lipinski definition) is 1. The maximum absolute atomic E-state index is 13.2. The summed E-state index contributed by atoms with van der Waals surface area (Å²) in [5.41, 5.74) is -1.36. The first-order valence-corrected chi connectivity index (χ1v) is 6.77. The monoisotopic (exact) mass is 328 g/mol. The van der Waals surface area contributed by atoms with E-state index in [9.17, 15) is 13.6 Å². The van der Waals surface area contributed by atoms with Crippen molar-refractivity contribution in [3.8, 4) is 5.75 Å². The lowest BCUT2D eigenvalue weighted by Crippen LogP contribution is -2.17. The van der Waals surface area contributed by atoms with Crippen LogP contribution in [-0.4, -0.2) is 17.2 Å². The number of anilines is 1.